The summed E-state index contributed by atoms with van der Waals surface area (Å²) in [5, 5.41) is 14.1. The Bertz CT molecular complexity index is 239. The molecule has 0 heterocycles. The molecule has 0 aliphatic heterocycles. The molecule has 5 heteroatoms. The van der Waals surface area contributed by atoms with Gasteiger partial charge in [0.25, 0.3) is 0 Å². The first-order valence-electron chi connectivity index (χ1n) is 4.89. The minimum Gasteiger partial charge on any atom is -0.480 e. The van der Waals surface area contributed by atoms with Crippen molar-refractivity contribution in [2.45, 2.75) is 26.3 Å². The van der Waals surface area contributed by atoms with Crippen LogP contribution in [0.25, 0.3) is 0 Å². The van der Waals surface area contributed by atoms with Crippen LogP contribution in [0.3, 0.4) is 0 Å². The van der Waals surface area contributed by atoms with Gasteiger partial charge < -0.3 is 15.7 Å². The highest BCUT2D eigenvalue weighted by atomic mass is 16.4. The highest BCUT2D eigenvalue weighted by Gasteiger charge is 2.16. The van der Waals surface area contributed by atoms with Crippen molar-refractivity contribution in [2.75, 3.05) is 13.1 Å². The second-order valence-corrected chi connectivity index (χ2v) is 3.15. The number of amides is 1. The maximum absolute atomic E-state index is 10.7. The van der Waals surface area contributed by atoms with E-state index in [-0.39, 0.29) is 12.5 Å². The monoisotopic (exact) mass is 214 g/mol. The number of rotatable bonds is 7. The van der Waals surface area contributed by atoms with E-state index < -0.39 is 12.0 Å². The van der Waals surface area contributed by atoms with Crippen LogP contribution in [0.2, 0.25) is 0 Å². The third-order valence-electron chi connectivity index (χ3n) is 1.75. The lowest BCUT2D eigenvalue weighted by Gasteiger charge is -2.13. The number of hydrogen-bond donors (Lipinski definition) is 3. The van der Waals surface area contributed by atoms with Crippen LogP contribution in [0.5, 0.6) is 0 Å². The summed E-state index contributed by atoms with van der Waals surface area (Å²) >= 11 is 0. The third-order valence-corrected chi connectivity index (χ3v) is 1.75. The van der Waals surface area contributed by atoms with Gasteiger partial charge >= 0.3 is 5.97 Å². The maximum atomic E-state index is 10.7. The molecule has 0 radical (unpaired) electrons. The van der Waals surface area contributed by atoms with E-state index in [1.54, 1.807) is 0 Å². The standard InChI is InChI=1S/C10H18N2O3/c1-3-4-5-6-11-7-9(10(14)15)12-8(2)13/h3-4,9,11H,5-7H2,1-2H3,(H,12,13)(H,14,15)/b4-3+. The molecule has 15 heavy (non-hydrogen) atoms. The van der Waals surface area contributed by atoms with E-state index in [0.717, 1.165) is 6.42 Å². The van der Waals surface area contributed by atoms with Crippen LogP contribution < -0.4 is 10.6 Å². The second kappa shape index (κ2) is 7.99. The Morgan fingerprint density at radius 2 is 2.13 bits per heavy atom. The summed E-state index contributed by atoms with van der Waals surface area (Å²) in [6.45, 7) is 4.17. The molecular weight excluding hydrogens is 196 g/mol. The molecule has 1 atom stereocenters. The van der Waals surface area contributed by atoms with E-state index in [9.17, 15) is 9.59 Å². The molecule has 0 aromatic rings. The van der Waals surface area contributed by atoms with Gasteiger partial charge in [0.1, 0.15) is 6.04 Å². The Labute approximate surface area is 89.6 Å². The topological polar surface area (TPSA) is 78.4 Å². The summed E-state index contributed by atoms with van der Waals surface area (Å²) in [6, 6.07) is -0.854. The Kier molecular flexibility index (Phi) is 7.27. The van der Waals surface area contributed by atoms with Crippen LogP contribution in [-0.2, 0) is 9.59 Å². The number of carbonyl (C=O) groups excluding carboxylic acids is 1. The van der Waals surface area contributed by atoms with E-state index in [4.69, 9.17) is 5.11 Å². The summed E-state index contributed by atoms with van der Waals surface area (Å²) in [6.07, 6.45) is 4.77. The molecule has 86 valence electrons. The number of carboxylic acid groups (broad SMARTS) is 1. The number of carboxylic acids is 1. The zero-order valence-electron chi connectivity index (χ0n) is 9.12. The van der Waals surface area contributed by atoms with Gasteiger partial charge in [-0.25, -0.2) is 4.79 Å². The predicted octanol–water partition coefficient (Wildman–Crippen LogP) is 0.132. The number of aliphatic carboxylic acids is 1. The molecule has 0 bridgehead atoms. The lowest BCUT2D eigenvalue weighted by Crippen LogP contribution is -2.46. The van der Waals surface area contributed by atoms with E-state index in [1.807, 2.05) is 19.1 Å². The van der Waals surface area contributed by atoms with E-state index in [0.29, 0.717) is 6.54 Å². The average molecular weight is 214 g/mol. The van der Waals surface area contributed by atoms with Crippen molar-refractivity contribution < 1.29 is 14.7 Å². The normalized spacial score (nSPS) is 12.7. The summed E-state index contributed by atoms with van der Waals surface area (Å²) in [5.74, 6) is -1.36. The van der Waals surface area contributed by atoms with Crippen LogP contribution in [0, 0.1) is 0 Å². The van der Waals surface area contributed by atoms with Gasteiger partial charge in [-0.15, -0.1) is 0 Å². The van der Waals surface area contributed by atoms with Crippen molar-refractivity contribution in [1.29, 1.82) is 0 Å². The van der Waals surface area contributed by atoms with Crippen LogP contribution in [0.15, 0.2) is 12.2 Å². The van der Waals surface area contributed by atoms with E-state index >= 15 is 0 Å². The number of carbonyl (C=O) groups is 2. The molecule has 0 rings (SSSR count). The largest absolute Gasteiger partial charge is 0.480 e. The van der Waals surface area contributed by atoms with Gasteiger partial charge in [0.05, 0.1) is 0 Å². The fraction of sp³-hybridized carbons (Fsp3) is 0.600. The van der Waals surface area contributed by atoms with Crippen molar-refractivity contribution in [1.82, 2.24) is 10.6 Å². The van der Waals surface area contributed by atoms with Gasteiger partial charge in [0.2, 0.25) is 5.91 Å². The first kappa shape index (κ1) is 13.6. The van der Waals surface area contributed by atoms with Crippen molar-refractivity contribution in [3.05, 3.63) is 12.2 Å². The van der Waals surface area contributed by atoms with Crippen LogP contribution >= 0.6 is 0 Å². The quantitative estimate of drug-likeness (QED) is 0.416. The zero-order chi connectivity index (χ0) is 11.7. The van der Waals surface area contributed by atoms with Crippen molar-refractivity contribution >= 4 is 11.9 Å². The van der Waals surface area contributed by atoms with Gasteiger partial charge in [-0.2, -0.15) is 0 Å². The van der Waals surface area contributed by atoms with Crippen molar-refractivity contribution in [3.63, 3.8) is 0 Å². The summed E-state index contributed by atoms with van der Waals surface area (Å²) < 4.78 is 0. The summed E-state index contributed by atoms with van der Waals surface area (Å²) in [5.41, 5.74) is 0. The van der Waals surface area contributed by atoms with Crippen LogP contribution in [0.4, 0.5) is 0 Å². The van der Waals surface area contributed by atoms with Gasteiger partial charge in [-0.05, 0) is 19.9 Å². The van der Waals surface area contributed by atoms with Crippen molar-refractivity contribution in [3.8, 4) is 0 Å². The maximum Gasteiger partial charge on any atom is 0.327 e. The van der Waals surface area contributed by atoms with Crippen LogP contribution in [-0.4, -0.2) is 36.1 Å². The molecule has 1 unspecified atom stereocenters. The molecule has 0 saturated heterocycles. The van der Waals surface area contributed by atoms with E-state index in [2.05, 4.69) is 10.6 Å². The second-order valence-electron chi connectivity index (χ2n) is 3.15. The number of allylic oxidation sites excluding steroid dienone is 1. The molecule has 0 spiro atoms. The molecule has 1 amide bonds. The van der Waals surface area contributed by atoms with Crippen molar-refractivity contribution in [2.24, 2.45) is 0 Å². The Morgan fingerprint density at radius 1 is 1.47 bits per heavy atom. The Hall–Kier alpha value is -1.36. The summed E-state index contributed by atoms with van der Waals surface area (Å²) in [4.78, 5) is 21.4. The number of hydrogen-bond acceptors (Lipinski definition) is 3. The molecule has 5 nitrogen and oxygen atoms in total. The lowest BCUT2D eigenvalue weighted by atomic mass is 10.3. The Balaban J connectivity index is 3.76. The molecule has 0 aliphatic carbocycles. The third kappa shape index (κ3) is 7.69. The molecule has 0 aliphatic rings. The summed E-state index contributed by atoms with van der Waals surface area (Å²) in [7, 11) is 0. The first-order chi connectivity index (χ1) is 7.07. The highest BCUT2D eigenvalue weighted by molar-refractivity contribution is 5.82. The minimum absolute atomic E-state index is 0.243. The number of nitrogens with one attached hydrogen (secondary N) is 2. The molecular formula is C10H18N2O3. The van der Waals surface area contributed by atoms with Gasteiger partial charge in [-0.1, -0.05) is 12.2 Å². The van der Waals surface area contributed by atoms with Crippen LogP contribution in [0.1, 0.15) is 20.3 Å². The van der Waals surface area contributed by atoms with E-state index in [1.165, 1.54) is 6.92 Å². The SMILES string of the molecule is C/C=C/CCNCC(NC(C)=O)C(=O)O. The molecule has 0 fully saturated rings. The first-order valence-corrected chi connectivity index (χ1v) is 4.89. The predicted molar refractivity (Wildman–Crippen MR) is 57.5 cm³/mol. The molecule has 0 saturated carbocycles. The van der Waals surface area contributed by atoms with Gasteiger partial charge in [0, 0.05) is 13.5 Å². The molecule has 0 aromatic heterocycles. The smallest absolute Gasteiger partial charge is 0.327 e. The molecule has 3 N–H and O–H groups in total. The lowest BCUT2D eigenvalue weighted by molar-refractivity contribution is -0.141. The van der Waals surface area contributed by atoms with Gasteiger partial charge in [-0.3, -0.25) is 4.79 Å². The Morgan fingerprint density at radius 3 is 2.60 bits per heavy atom. The highest BCUT2D eigenvalue weighted by Crippen LogP contribution is 1.84. The fourth-order valence-electron chi connectivity index (χ4n) is 1.04. The zero-order valence-corrected chi connectivity index (χ0v) is 9.12. The minimum atomic E-state index is -1.02. The fourth-order valence-corrected chi connectivity index (χ4v) is 1.04. The average Bonchev–Trinajstić information content (AvgIpc) is 2.15. The molecule has 0 aromatic carbocycles. The van der Waals surface area contributed by atoms with Gasteiger partial charge in [0.15, 0.2) is 0 Å².